The summed E-state index contributed by atoms with van der Waals surface area (Å²) in [5.74, 6) is 0.680. The molecule has 13 heavy (non-hydrogen) atoms. The van der Waals surface area contributed by atoms with Crippen LogP contribution in [0.25, 0.3) is 0 Å². The molecule has 1 aromatic carbocycles. The Bertz CT molecular complexity index is 283. The lowest BCUT2D eigenvalue weighted by Gasteiger charge is -2.08. The number of fused-ring (bicyclic) bond motifs is 1. The van der Waals surface area contributed by atoms with E-state index in [0.29, 0.717) is 5.92 Å². The fourth-order valence-corrected chi connectivity index (χ4v) is 1.98. The maximum atomic E-state index is 5.51. The van der Waals surface area contributed by atoms with Crippen LogP contribution in [-0.4, -0.2) is 13.1 Å². The summed E-state index contributed by atoms with van der Waals surface area (Å²) in [6, 6.07) is 8.56. The molecular formula is C11H16N2. The predicted octanol–water partition coefficient (Wildman–Crippen LogP) is 1.93. The molecule has 0 aromatic heterocycles. The van der Waals surface area contributed by atoms with Gasteiger partial charge < -0.3 is 11.1 Å². The average Bonchev–Trinajstić information content (AvgIpc) is 2.58. The Hall–Kier alpha value is -1.02. The molecule has 0 aliphatic carbocycles. The number of rotatable bonds is 3. The minimum absolute atomic E-state index is 0.680. The van der Waals surface area contributed by atoms with Crippen LogP contribution in [0.15, 0.2) is 24.3 Å². The lowest BCUT2D eigenvalue weighted by Crippen LogP contribution is -2.05. The standard InChI is InChI=1S/C11H16N2/c12-7-3-4-9-8-13-11-6-2-1-5-10(9)11/h1-2,5-6,9,13H,3-4,7-8,12H2. The van der Waals surface area contributed by atoms with E-state index >= 15 is 0 Å². The summed E-state index contributed by atoms with van der Waals surface area (Å²) in [5.41, 5.74) is 8.28. The van der Waals surface area contributed by atoms with Gasteiger partial charge in [-0.05, 0) is 31.0 Å². The molecule has 2 heteroatoms. The summed E-state index contributed by atoms with van der Waals surface area (Å²) in [7, 11) is 0. The average molecular weight is 176 g/mol. The highest BCUT2D eigenvalue weighted by molar-refractivity contribution is 5.57. The van der Waals surface area contributed by atoms with Gasteiger partial charge in [-0.25, -0.2) is 0 Å². The third-order valence-electron chi connectivity index (χ3n) is 2.70. The molecule has 0 spiro atoms. The van der Waals surface area contributed by atoms with Crippen molar-refractivity contribution in [3.05, 3.63) is 29.8 Å². The third-order valence-corrected chi connectivity index (χ3v) is 2.70. The van der Waals surface area contributed by atoms with E-state index in [1.165, 1.54) is 17.7 Å². The fourth-order valence-electron chi connectivity index (χ4n) is 1.98. The van der Waals surface area contributed by atoms with Gasteiger partial charge in [-0.2, -0.15) is 0 Å². The van der Waals surface area contributed by atoms with Gasteiger partial charge in [0, 0.05) is 18.2 Å². The summed E-state index contributed by atoms with van der Waals surface area (Å²) in [4.78, 5) is 0. The molecule has 3 N–H and O–H groups in total. The zero-order valence-electron chi connectivity index (χ0n) is 7.79. The van der Waals surface area contributed by atoms with E-state index < -0.39 is 0 Å². The Morgan fingerprint density at radius 3 is 3.08 bits per heavy atom. The van der Waals surface area contributed by atoms with Gasteiger partial charge in [-0.1, -0.05) is 18.2 Å². The maximum Gasteiger partial charge on any atom is 0.0376 e. The molecule has 1 aromatic rings. The highest BCUT2D eigenvalue weighted by Crippen LogP contribution is 2.33. The number of nitrogens with one attached hydrogen (secondary N) is 1. The Kier molecular flexibility index (Phi) is 2.50. The third kappa shape index (κ3) is 1.68. The minimum atomic E-state index is 0.680. The van der Waals surface area contributed by atoms with E-state index in [-0.39, 0.29) is 0 Å². The molecule has 1 atom stereocenters. The Morgan fingerprint density at radius 2 is 2.23 bits per heavy atom. The molecule has 1 aliphatic heterocycles. The lowest BCUT2D eigenvalue weighted by atomic mass is 9.96. The van der Waals surface area contributed by atoms with Crippen molar-refractivity contribution in [1.82, 2.24) is 0 Å². The molecule has 2 rings (SSSR count). The fraction of sp³-hybridized carbons (Fsp3) is 0.455. The van der Waals surface area contributed by atoms with E-state index in [2.05, 4.69) is 29.6 Å². The Labute approximate surface area is 79.1 Å². The Morgan fingerprint density at radius 1 is 1.38 bits per heavy atom. The molecule has 1 aliphatic rings. The molecule has 0 saturated carbocycles. The van der Waals surface area contributed by atoms with E-state index in [4.69, 9.17) is 5.73 Å². The van der Waals surface area contributed by atoms with Gasteiger partial charge in [0.1, 0.15) is 0 Å². The first-order chi connectivity index (χ1) is 6.42. The minimum Gasteiger partial charge on any atom is -0.384 e. The smallest absolute Gasteiger partial charge is 0.0376 e. The largest absolute Gasteiger partial charge is 0.384 e. The van der Waals surface area contributed by atoms with Crippen LogP contribution < -0.4 is 11.1 Å². The first kappa shape index (κ1) is 8.57. The summed E-state index contributed by atoms with van der Waals surface area (Å²) >= 11 is 0. The predicted molar refractivity (Wildman–Crippen MR) is 56.0 cm³/mol. The van der Waals surface area contributed by atoms with Crippen molar-refractivity contribution in [2.75, 3.05) is 18.4 Å². The number of hydrogen-bond donors (Lipinski definition) is 2. The van der Waals surface area contributed by atoms with E-state index in [9.17, 15) is 0 Å². The molecule has 0 saturated heterocycles. The number of nitrogens with two attached hydrogens (primary N) is 1. The Balaban J connectivity index is 2.09. The van der Waals surface area contributed by atoms with Crippen LogP contribution in [0.4, 0.5) is 5.69 Å². The molecular weight excluding hydrogens is 160 g/mol. The van der Waals surface area contributed by atoms with Gasteiger partial charge in [0.2, 0.25) is 0 Å². The summed E-state index contributed by atoms with van der Waals surface area (Å²) in [6.07, 6.45) is 2.33. The second kappa shape index (κ2) is 3.79. The summed E-state index contributed by atoms with van der Waals surface area (Å²) in [6.45, 7) is 1.89. The first-order valence-electron chi connectivity index (χ1n) is 4.94. The van der Waals surface area contributed by atoms with E-state index in [1.54, 1.807) is 0 Å². The number of anilines is 1. The zero-order chi connectivity index (χ0) is 9.10. The van der Waals surface area contributed by atoms with Crippen LogP contribution >= 0.6 is 0 Å². The molecule has 70 valence electrons. The molecule has 1 unspecified atom stereocenters. The van der Waals surface area contributed by atoms with Crippen LogP contribution in [0.2, 0.25) is 0 Å². The van der Waals surface area contributed by atoms with Crippen molar-refractivity contribution in [2.24, 2.45) is 5.73 Å². The highest BCUT2D eigenvalue weighted by Gasteiger charge is 2.20. The second-order valence-electron chi connectivity index (χ2n) is 3.60. The van der Waals surface area contributed by atoms with Gasteiger partial charge >= 0.3 is 0 Å². The van der Waals surface area contributed by atoms with Crippen molar-refractivity contribution in [3.8, 4) is 0 Å². The van der Waals surface area contributed by atoms with Crippen molar-refractivity contribution in [1.29, 1.82) is 0 Å². The molecule has 0 fully saturated rings. The molecule has 0 radical (unpaired) electrons. The van der Waals surface area contributed by atoms with Crippen LogP contribution in [0.5, 0.6) is 0 Å². The number of hydrogen-bond acceptors (Lipinski definition) is 2. The van der Waals surface area contributed by atoms with Crippen LogP contribution in [0, 0.1) is 0 Å². The van der Waals surface area contributed by atoms with Crippen molar-refractivity contribution in [3.63, 3.8) is 0 Å². The monoisotopic (exact) mass is 176 g/mol. The van der Waals surface area contributed by atoms with E-state index in [0.717, 1.165) is 19.5 Å². The van der Waals surface area contributed by atoms with Crippen molar-refractivity contribution >= 4 is 5.69 Å². The zero-order valence-corrected chi connectivity index (χ0v) is 7.79. The van der Waals surface area contributed by atoms with E-state index in [1.807, 2.05) is 0 Å². The quantitative estimate of drug-likeness (QED) is 0.738. The van der Waals surface area contributed by atoms with Gasteiger partial charge in [-0.3, -0.25) is 0 Å². The molecule has 2 nitrogen and oxygen atoms in total. The van der Waals surface area contributed by atoms with Crippen LogP contribution in [0.1, 0.15) is 24.3 Å². The number of benzene rings is 1. The normalized spacial score (nSPS) is 19.6. The van der Waals surface area contributed by atoms with Crippen molar-refractivity contribution < 1.29 is 0 Å². The van der Waals surface area contributed by atoms with Crippen molar-refractivity contribution in [2.45, 2.75) is 18.8 Å². The number of para-hydroxylation sites is 1. The summed E-state index contributed by atoms with van der Waals surface area (Å²) < 4.78 is 0. The SMILES string of the molecule is NCCCC1CNc2ccccc21. The van der Waals surface area contributed by atoms with Gasteiger partial charge in [0.25, 0.3) is 0 Å². The van der Waals surface area contributed by atoms with Gasteiger partial charge in [0.05, 0.1) is 0 Å². The summed E-state index contributed by atoms with van der Waals surface area (Å²) in [5, 5.41) is 3.42. The molecule has 0 amide bonds. The van der Waals surface area contributed by atoms with Crippen LogP contribution in [0.3, 0.4) is 0 Å². The lowest BCUT2D eigenvalue weighted by molar-refractivity contribution is 0.638. The topological polar surface area (TPSA) is 38.0 Å². The maximum absolute atomic E-state index is 5.51. The second-order valence-corrected chi connectivity index (χ2v) is 3.60. The first-order valence-corrected chi connectivity index (χ1v) is 4.94. The van der Waals surface area contributed by atoms with Gasteiger partial charge in [0.15, 0.2) is 0 Å². The molecule has 0 bridgehead atoms. The highest BCUT2D eigenvalue weighted by atomic mass is 14.9. The molecule has 1 heterocycles. The van der Waals surface area contributed by atoms with Gasteiger partial charge in [-0.15, -0.1) is 0 Å². The van der Waals surface area contributed by atoms with Crippen LogP contribution in [-0.2, 0) is 0 Å².